The quantitative estimate of drug-likeness (QED) is 0.474. The fourth-order valence-corrected chi connectivity index (χ4v) is 4.86. The van der Waals surface area contributed by atoms with Gasteiger partial charge >= 0.3 is 6.18 Å². The van der Waals surface area contributed by atoms with Crippen molar-refractivity contribution in [3.63, 3.8) is 0 Å². The molecular formula is C23H20ClF3N2O3S. The Bertz CT molecular complexity index is 1220. The molecule has 3 aromatic carbocycles. The van der Waals surface area contributed by atoms with E-state index in [1.807, 2.05) is 6.07 Å². The zero-order valence-corrected chi connectivity index (χ0v) is 19.0. The van der Waals surface area contributed by atoms with Gasteiger partial charge in [0, 0.05) is 0 Å². The number of amides is 1. The lowest BCUT2D eigenvalue weighted by atomic mass is 10.1. The molecule has 0 radical (unpaired) electrons. The van der Waals surface area contributed by atoms with E-state index in [1.54, 1.807) is 37.3 Å². The van der Waals surface area contributed by atoms with Crippen LogP contribution in [0.25, 0.3) is 0 Å². The molecule has 0 aromatic heterocycles. The summed E-state index contributed by atoms with van der Waals surface area (Å²) in [5.74, 6) is -0.709. The van der Waals surface area contributed by atoms with Crippen molar-refractivity contribution in [3.8, 4) is 0 Å². The van der Waals surface area contributed by atoms with Crippen molar-refractivity contribution >= 4 is 33.2 Å². The Kier molecular flexibility index (Phi) is 7.34. The van der Waals surface area contributed by atoms with Crippen LogP contribution in [0.15, 0.2) is 83.8 Å². The molecule has 174 valence electrons. The highest BCUT2D eigenvalue weighted by Gasteiger charge is 2.34. The van der Waals surface area contributed by atoms with Gasteiger partial charge in [-0.1, -0.05) is 60.1 Å². The summed E-state index contributed by atoms with van der Waals surface area (Å²) in [6.45, 7) is 0.940. The molecule has 0 unspecified atom stereocenters. The molecule has 33 heavy (non-hydrogen) atoms. The Labute approximate surface area is 194 Å². The van der Waals surface area contributed by atoms with E-state index < -0.39 is 45.9 Å². The van der Waals surface area contributed by atoms with Crippen LogP contribution >= 0.6 is 11.6 Å². The summed E-state index contributed by atoms with van der Waals surface area (Å²) in [6.07, 6.45) is -4.73. The van der Waals surface area contributed by atoms with Gasteiger partial charge in [0.05, 0.1) is 27.2 Å². The minimum Gasteiger partial charge on any atom is -0.348 e. The number of rotatable bonds is 7. The molecule has 0 saturated carbocycles. The average Bonchev–Trinajstić information content (AvgIpc) is 2.78. The maximum atomic E-state index is 13.3. The van der Waals surface area contributed by atoms with Crippen LogP contribution in [0, 0.1) is 0 Å². The maximum Gasteiger partial charge on any atom is 0.416 e. The fourth-order valence-electron chi connectivity index (χ4n) is 3.14. The Balaban J connectivity index is 2.01. The molecule has 1 atom stereocenters. The van der Waals surface area contributed by atoms with Crippen LogP contribution in [0.3, 0.4) is 0 Å². The molecule has 0 aliphatic carbocycles. The van der Waals surface area contributed by atoms with E-state index in [9.17, 15) is 26.4 Å². The van der Waals surface area contributed by atoms with Crippen LogP contribution in [0.4, 0.5) is 18.9 Å². The van der Waals surface area contributed by atoms with Crippen LogP contribution in [0.1, 0.15) is 24.1 Å². The van der Waals surface area contributed by atoms with Crippen molar-refractivity contribution in [1.82, 2.24) is 5.32 Å². The van der Waals surface area contributed by atoms with Gasteiger partial charge in [0.2, 0.25) is 5.91 Å². The molecule has 0 heterocycles. The van der Waals surface area contributed by atoms with Crippen LogP contribution in [0.2, 0.25) is 5.02 Å². The summed E-state index contributed by atoms with van der Waals surface area (Å²) in [5.41, 5.74) is -0.758. The number of hydrogen-bond acceptors (Lipinski definition) is 3. The van der Waals surface area contributed by atoms with Crippen molar-refractivity contribution in [3.05, 3.63) is 95.0 Å². The number of alkyl halides is 3. The van der Waals surface area contributed by atoms with E-state index in [0.29, 0.717) is 10.4 Å². The Morgan fingerprint density at radius 1 is 1.00 bits per heavy atom. The number of sulfonamides is 1. The van der Waals surface area contributed by atoms with E-state index >= 15 is 0 Å². The molecule has 10 heteroatoms. The molecule has 1 N–H and O–H groups in total. The van der Waals surface area contributed by atoms with Gasteiger partial charge in [-0.2, -0.15) is 13.2 Å². The molecular weight excluding hydrogens is 477 g/mol. The highest BCUT2D eigenvalue weighted by Crippen LogP contribution is 2.37. The van der Waals surface area contributed by atoms with Gasteiger partial charge in [-0.25, -0.2) is 8.42 Å². The molecule has 0 fully saturated rings. The first-order valence-corrected chi connectivity index (χ1v) is 11.6. The smallest absolute Gasteiger partial charge is 0.348 e. The monoisotopic (exact) mass is 496 g/mol. The van der Waals surface area contributed by atoms with Crippen molar-refractivity contribution in [2.75, 3.05) is 10.8 Å². The first kappa shape index (κ1) is 24.6. The van der Waals surface area contributed by atoms with Crippen molar-refractivity contribution in [2.45, 2.75) is 24.0 Å². The molecule has 0 aliphatic rings. The number of carbonyl (C=O) groups is 1. The standard InChI is InChI=1S/C23H20ClF3N2O3S/c1-16(17-8-4-2-5-9-17)28-22(30)15-29(33(31,32)19-10-6-3-7-11-19)21-14-18(23(25,26)27)12-13-20(21)24/h2-14,16H,15H2,1H3,(H,28,30)/t16-/m0/s1. The lowest BCUT2D eigenvalue weighted by Gasteiger charge is -2.26. The van der Waals surface area contributed by atoms with Gasteiger partial charge in [-0.3, -0.25) is 9.10 Å². The zero-order valence-electron chi connectivity index (χ0n) is 17.4. The van der Waals surface area contributed by atoms with Crippen molar-refractivity contribution in [2.24, 2.45) is 0 Å². The largest absolute Gasteiger partial charge is 0.416 e. The first-order chi connectivity index (χ1) is 15.5. The SMILES string of the molecule is C[C@H](NC(=O)CN(c1cc(C(F)(F)F)ccc1Cl)S(=O)(=O)c1ccccc1)c1ccccc1. The highest BCUT2D eigenvalue weighted by molar-refractivity contribution is 7.92. The summed E-state index contributed by atoms with van der Waals surface area (Å²) in [5, 5.41) is 2.43. The zero-order chi connectivity index (χ0) is 24.2. The van der Waals surface area contributed by atoms with E-state index in [0.717, 1.165) is 17.7 Å². The maximum absolute atomic E-state index is 13.3. The predicted octanol–water partition coefficient (Wildman–Crippen LogP) is 5.43. The second-order valence-electron chi connectivity index (χ2n) is 7.19. The Morgan fingerprint density at radius 3 is 2.15 bits per heavy atom. The van der Waals surface area contributed by atoms with E-state index in [2.05, 4.69) is 5.32 Å². The minimum absolute atomic E-state index is 0.192. The summed E-state index contributed by atoms with van der Waals surface area (Å²) in [4.78, 5) is 12.6. The molecule has 3 rings (SSSR count). The van der Waals surface area contributed by atoms with E-state index in [4.69, 9.17) is 11.6 Å². The summed E-state index contributed by atoms with van der Waals surface area (Å²) in [7, 11) is -4.41. The molecule has 1 amide bonds. The fraction of sp³-hybridized carbons (Fsp3) is 0.174. The normalized spacial score (nSPS) is 12.8. The number of nitrogens with one attached hydrogen (secondary N) is 1. The molecule has 3 aromatic rings. The molecule has 0 bridgehead atoms. The second kappa shape index (κ2) is 9.84. The van der Waals surface area contributed by atoms with E-state index in [1.165, 1.54) is 24.3 Å². The number of anilines is 1. The molecule has 0 saturated heterocycles. The van der Waals surface area contributed by atoms with Gasteiger partial charge in [0.1, 0.15) is 6.54 Å². The third-order valence-corrected chi connectivity index (χ3v) is 6.93. The number of carbonyl (C=O) groups excluding carboxylic acids is 1. The number of halogens is 4. The summed E-state index contributed by atoms with van der Waals surface area (Å²) >= 11 is 6.11. The van der Waals surface area contributed by atoms with Gasteiger partial charge in [-0.05, 0) is 42.8 Å². The third-order valence-electron chi connectivity index (χ3n) is 4.84. The first-order valence-electron chi connectivity index (χ1n) is 9.79. The van der Waals surface area contributed by atoms with Crippen molar-refractivity contribution in [1.29, 1.82) is 0 Å². The predicted molar refractivity (Wildman–Crippen MR) is 120 cm³/mol. The molecule has 5 nitrogen and oxygen atoms in total. The topological polar surface area (TPSA) is 66.5 Å². The Morgan fingerprint density at radius 2 is 1.58 bits per heavy atom. The van der Waals surface area contributed by atoms with Crippen molar-refractivity contribution < 1.29 is 26.4 Å². The van der Waals surface area contributed by atoms with Gasteiger partial charge in [0.25, 0.3) is 10.0 Å². The minimum atomic E-state index is -4.73. The summed E-state index contributed by atoms with van der Waals surface area (Å²) < 4.78 is 67.2. The Hall–Kier alpha value is -3.04. The average molecular weight is 497 g/mol. The second-order valence-corrected chi connectivity index (χ2v) is 9.46. The molecule has 0 aliphatic heterocycles. The number of benzene rings is 3. The summed E-state index contributed by atoms with van der Waals surface area (Å²) in [6, 6.07) is 17.9. The number of nitrogens with zero attached hydrogens (tertiary/aromatic N) is 1. The van der Waals surface area contributed by atoms with Crippen LogP contribution < -0.4 is 9.62 Å². The van der Waals surface area contributed by atoms with E-state index in [-0.39, 0.29) is 9.92 Å². The molecule has 0 spiro atoms. The van der Waals surface area contributed by atoms with Gasteiger partial charge in [-0.15, -0.1) is 0 Å². The lowest BCUT2D eigenvalue weighted by molar-refractivity contribution is -0.137. The highest BCUT2D eigenvalue weighted by atomic mass is 35.5. The van der Waals surface area contributed by atoms with Crippen LogP contribution in [-0.4, -0.2) is 20.9 Å². The van der Waals surface area contributed by atoms with Gasteiger partial charge in [0.15, 0.2) is 0 Å². The van der Waals surface area contributed by atoms with Crippen LogP contribution in [-0.2, 0) is 21.0 Å². The van der Waals surface area contributed by atoms with Crippen LogP contribution in [0.5, 0.6) is 0 Å². The third kappa shape index (κ3) is 5.85. The number of hydrogen-bond donors (Lipinski definition) is 1. The lowest BCUT2D eigenvalue weighted by Crippen LogP contribution is -2.41. The van der Waals surface area contributed by atoms with Gasteiger partial charge < -0.3 is 5.32 Å².